The second-order valence-electron chi connectivity index (χ2n) is 8.64. The van der Waals surface area contributed by atoms with Gasteiger partial charge in [0.25, 0.3) is 8.32 Å². The summed E-state index contributed by atoms with van der Waals surface area (Å²) < 4.78 is 12.1. The third-order valence-corrected chi connectivity index (χ3v) is 9.72. The summed E-state index contributed by atoms with van der Waals surface area (Å²) in [7, 11) is -2.12. The predicted molar refractivity (Wildman–Crippen MR) is 113 cm³/mol. The van der Waals surface area contributed by atoms with E-state index in [4.69, 9.17) is 9.16 Å². The summed E-state index contributed by atoms with van der Waals surface area (Å²) in [5.41, 5.74) is 2.13. The van der Waals surface area contributed by atoms with Crippen LogP contribution in [0.1, 0.15) is 40.2 Å². The van der Waals surface area contributed by atoms with Crippen molar-refractivity contribution in [2.45, 2.75) is 65.2 Å². The molecule has 0 aliphatic carbocycles. The van der Waals surface area contributed by atoms with E-state index in [1.54, 1.807) is 4.90 Å². The number of ether oxygens (including phenoxy) is 1. The number of cyclic esters (lactones) is 1. The van der Waals surface area contributed by atoms with Crippen LogP contribution >= 0.6 is 0 Å². The van der Waals surface area contributed by atoms with E-state index >= 15 is 0 Å². The third-order valence-electron chi connectivity index (χ3n) is 5.41. The summed E-state index contributed by atoms with van der Waals surface area (Å²) in [5.74, 6) is 0.642. The van der Waals surface area contributed by atoms with Gasteiger partial charge in [-0.2, -0.15) is 0 Å². The molecule has 4 nitrogen and oxygen atoms in total. The maximum atomic E-state index is 12.6. The number of benzene rings is 1. The summed E-state index contributed by atoms with van der Waals surface area (Å²) in [6, 6.07) is 10.1. The van der Waals surface area contributed by atoms with Crippen LogP contribution < -0.4 is 0 Å². The fraction of sp³-hybridized carbons (Fsp3) is 0.500. The Labute approximate surface area is 165 Å². The Hall–Kier alpha value is -2.01. The lowest BCUT2D eigenvalue weighted by Crippen LogP contribution is -2.45. The summed E-state index contributed by atoms with van der Waals surface area (Å²) in [6.07, 6.45) is 4.37. The Morgan fingerprint density at radius 2 is 1.93 bits per heavy atom. The van der Waals surface area contributed by atoms with E-state index < -0.39 is 8.32 Å². The van der Waals surface area contributed by atoms with Gasteiger partial charge in [-0.3, -0.25) is 0 Å². The molecule has 1 fully saturated rings. The van der Waals surface area contributed by atoms with E-state index in [0.29, 0.717) is 12.5 Å². The zero-order valence-electron chi connectivity index (χ0n) is 17.7. The molecule has 1 aromatic rings. The quantitative estimate of drug-likeness (QED) is 0.347. The normalized spacial score (nSPS) is 19.3. The molecule has 0 bridgehead atoms. The first kappa shape index (κ1) is 21.3. The maximum Gasteiger partial charge on any atom is 0.417 e. The van der Waals surface area contributed by atoms with Crippen molar-refractivity contribution in [3.63, 3.8) is 0 Å². The maximum absolute atomic E-state index is 12.6. The second kappa shape index (κ2) is 8.34. The Kier molecular flexibility index (Phi) is 6.57. The van der Waals surface area contributed by atoms with Gasteiger partial charge in [-0.25, -0.2) is 9.69 Å². The average molecular weight is 388 g/mol. The van der Waals surface area contributed by atoms with Crippen LogP contribution in [0.25, 0.3) is 0 Å². The van der Waals surface area contributed by atoms with Crippen LogP contribution in [0.2, 0.25) is 18.1 Å². The van der Waals surface area contributed by atoms with Crippen LogP contribution in [0.15, 0.2) is 53.9 Å². The highest BCUT2D eigenvalue weighted by molar-refractivity contribution is 6.74. The zero-order valence-corrected chi connectivity index (χ0v) is 18.7. The molecule has 1 amide bonds. The van der Waals surface area contributed by atoms with Crippen molar-refractivity contribution in [2.24, 2.45) is 0 Å². The molecular formula is C22H33NO3Si. The minimum absolute atomic E-state index is 0.0347. The molecule has 5 heteroatoms. The molecule has 0 spiro atoms. The highest BCUT2D eigenvalue weighted by Gasteiger charge is 2.44. The lowest BCUT2D eigenvalue weighted by molar-refractivity contribution is 0.149. The van der Waals surface area contributed by atoms with Crippen molar-refractivity contribution in [1.82, 2.24) is 4.90 Å². The molecule has 27 heavy (non-hydrogen) atoms. The molecule has 1 heterocycles. The molecule has 1 aliphatic rings. The van der Waals surface area contributed by atoms with Crippen molar-refractivity contribution in [3.8, 4) is 0 Å². The molecule has 0 N–H and O–H groups in total. The topological polar surface area (TPSA) is 38.8 Å². The van der Waals surface area contributed by atoms with Gasteiger partial charge in [0.05, 0.1) is 6.04 Å². The molecular weight excluding hydrogens is 354 g/mol. The van der Waals surface area contributed by atoms with Gasteiger partial charge in [-0.05, 0) is 44.0 Å². The van der Waals surface area contributed by atoms with Crippen LogP contribution in [0, 0.1) is 0 Å². The predicted octanol–water partition coefficient (Wildman–Crippen LogP) is 5.88. The molecule has 1 aromatic carbocycles. The molecule has 0 saturated carbocycles. The van der Waals surface area contributed by atoms with Gasteiger partial charge in [0.15, 0.2) is 5.88 Å². The minimum atomic E-state index is -2.12. The third kappa shape index (κ3) is 5.04. The first-order chi connectivity index (χ1) is 12.6. The summed E-state index contributed by atoms with van der Waals surface area (Å²) in [6.45, 7) is 15.3. The number of carbonyl (C=O) groups is 1. The number of nitrogens with zero attached hydrogens (tertiary/aromatic N) is 1. The Balaban J connectivity index is 2.40. The minimum Gasteiger partial charge on any atom is -0.531 e. The number of allylic oxidation sites excluding steroid dienone is 3. The van der Waals surface area contributed by atoms with Crippen molar-refractivity contribution in [1.29, 1.82) is 0 Å². The molecule has 148 valence electrons. The number of rotatable bonds is 6. The van der Waals surface area contributed by atoms with Gasteiger partial charge in [0.2, 0.25) is 0 Å². The zero-order chi connectivity index (χ0) is 20.2. The van der Waals surface area contributed by atoms with Gasteiger partial charge in [-0.15, -0.1) is 0 Å². The summed E-state index contributed by atoms with van der Waals surface area (Å²) >= 11 is 0. The van der Waals surface area contributed by atoms with E-state index in [-0.39, 0.29) is 17.2 Å². The smallest absolute Gasteiger partial charge is 0.417 e. The van der Waals surface area contributed by atoms with Crippen LogP contribution in [0.5, 0.6) is 0 Å². The highest BCUT2D eigenvalue weighted by Crippen LogP contribution is 2.40. The SMILES string of the molecule is C/C=C/C(C)=C(\O[Si](C)(C)C(C)(C)C)N1C(=O)OC[C@@H]1Cc1ccccc1. The largest absolute Gasteiger partial charge is 0.531 e. The van der Waals surface area contributed by atoms with E-state index in [2.05, 4.69) is 46.0 Å². The number of carbonyl (C=O) groups excluding carboxylic acids is 1. The molecule has 2 rings (SSSR count). The molecule has 1 saturated heterocycles. The molecule has 0 unspecified atom stereocenters. The van der Waals surface area contributed by atoms with E-state index in [1.165, 1.54) is 5.56 Å². The first-order valence-electron chi connectivity index (χ1n) is 9.59. The number of amides is 1. The molecule has 1 atom stereocenters. The van der Waals surface area contributed by atoms with Crippen molar-refractivity contribution < 1.29 is 14.0 Å². The van der Waals surface area contributed by atoms with Crippen LogP contribution in [-0.4, -0.2) is 32.0 Å². The highest BCUT2D eigenvalue weighted by atomic mass is 28.4. The van der Waals surface area contributed by atoms with E-state index in [0.717, 1.165) is 12.0 Å². The monoisotopic (exact) mass is 387 g/mol. The van der Waals surface area contributed by atoms with Crippen LogP contribution in [-0.2, 0) is 15.6 Å². The van der Waals surface area contributed by atoms with Gasteiger partial charge >= 0.3 is 6.09 Å². The summed E-state index contributed by atoms with van der Waals surface area (Å²) in [4.78, 5) is 14.4. The number of hydrogen-bond donors (Lipinski definition) is 0. The Morgan fingerprint density at radius 3 is 2.48 bits per heavy atom. The number of hydrogen-bond acceptors (Lipinski definition) is 3. The lowest BCUT2D eigenvalue weighted by Gasteiger charge is -2.39. The molecule has 1 aliphatic heterocycles. The first-order valence-corrected chi connectivity index (χ1v) is 12.5. The van der Waals surface area contributed by atoms with Gasteiger partial charge in [-0.1, -0.05) is 63.3 Å². The van der Waals surface area contributed by atoms with Gasteiger partial charge in [0, 0.05) is 5.57 Å². The van der Waals surface area contributed by atoms with Crippen LogP contribution in [0.3, 0.4) is 0 Å². The summed E-state index contributed by atoms with van der Waals surface area (Å²) in [5, 5.41) is 0.0347. The van der Waals surface area contributed by atoms with E-state index in [1.807, 2.05) is 44.2 Å². The average Bonchev–Trinajstić information content (AvgIpc) is 2.93. The fourth-order valence-electron chi connectivity index (χ4n) is 2.78. The molecule has 0 radical (unpaired) electrons. The van der Waals surface area contributed by atoms with Crippen molar-refractivity contribution in [3.05, 3.63) is 59.5 Å². The van der Waals surface area contributed by atoms with Crippen molar-refractivity contribution >= 4 is 14.4 Å². The molecule has 0 aromatic heterocycles. The van der Waals surface area contributed by atoms with Gasteiger partial charge < -0.3 is 9.16 Å². The van der Waals surface area contributed by atoms with E-state index in [9.17, 15) is 4.79 Å². The standard InChI is InChI=1S/C22H33NO3Si/c1-8-12-17(2)20(26-27(6,7)22(3,4)5)23-19(16-25-21(23)24)15-18-13-10-9-11-14-18/h8-14,19H,15-16H2,1-7H3/b12-8+,20-17-/t19-/m0/s1. The van der Waals surface area contributed by atoms with Gasteiger partial charge in [0.1, 0.15) is 6.61 Å². The van der Waals surface area contributed by atoms with Crippen LogP contribution in [0.4, 0.5) is 4.79 Å². The Morgan fingerprint density at radius 1 is 1.30 bits per heavy atom. The fourth-order valence-corrected chi connectivity index (χ4v) is 3.83. The van der Waals surface area contributed by atoms with Crippen molar-refractivity contribution in [2.75, 3.05) is 6.61 Å². The Bertz CT molecular complexity index is 717. The lowest BCUT2D eigenvalue weighted by atomic mass is 10.1. The second-order valence-corrected chi connectivity index (χ2v) is 13.4.